The first kappa shape index (κ1) is 8.72. The predicted molar refractivity (Wildman–Crippen MR) is 61.3 cm³/mol. The minimum atomic E-state index is 0.935. The van der Waals surface area contributed by atoms with Crippen molar-refractivity contribution in [2.75, 3.05) is 0 Å². The molecule has 2 rings (SSSR count). The normalized spacial score (nSPS) is 11.6. The lowest BCUT2D eigenvalue weighted by Crippen LogP contribution is -2.35. The maximum Gasteiger partial charge on any atom is 0.312 e. The van der Waals surface area contributed by atoms with Crippen LogP contribution in [-0.4, -0.2) is 4.98 Å². The lowest BCUT2D eigenvalue weighted by molar-refractivity contribution is -0.608. The molecule has 15 heavy (non-hydrogen) atoms. The fourth-order valence-electron chi connectivity index (χ4n) is 1.95. The Bertz CT molecular complexity index is 516. The van der Waals surface area contributed by atoms with Crippen LogP contribution < -0.4 is 4.57 Å². The molecule has 0 aliphatic carbocycles. The van der Waals surface area contributed by atoms with Gasteiger partial charge in [-0.05, 0) is 18.6 Å². The summed E-state index contributed by atoms with van der Waals surface area (Å²) in [7, 11) is 0. The van der Waals surface area contributed by atoms with Crippen LogP contribution in [0.4, 0.5) is 0 Å². The van der Waals surface area contributed by atoms with Gasteiger partial charge in [0.15, 0.2) is 0 Å². The molecule has 78 valence electrons. The second-order valence-electron chi connectivity index (χ2n) is 3.95. The number of para-hydroxylation sites is 1. The van der Waals surface area contributed by atoms with E-state index in [-0.39, 0.29) is 0 Å². The fourth-order valence-corrected chi connectivity index (χ4v) is 1.95. The molecule has 1 aromatic heterocycles. The Morgan fingerprint density at radius 1 is 1.13 bits per heavy atom. The Morgan fingerprint density at radius 2 is 1.80 bits per heavy atom. The Kier molecular flexibility index (Phi) is 2.05. The minimum Gasteiger partial charge on any atom is -0.245 e. The number of aryl methyl sites for hydroxylation is 1. The Balaban J connectivity index is 2.75. The van der Waals surface area contributed by atoms with Crippen LogP contribution >= 0.6 is 0 Å². The minimum absolute atomic E-state index is 0.935. The molecule has 0 radical (unpaired) electrons. The Labute approximate surface area is 92.1 Å². The van der Waals surface area contributed by atoms with Crippen molar-refractivity contribution in [2.45, 2.75) is 27.7 Å². The molecule has 0 aliphatic rings. The van der Waals surface area contributed by atoms with Crippen molar-refractivity contribution in [2.24, 2.45) is 0 Å². The van der Waals surface area contributed by atoms with E-state index >= 15 is 0 Å². The lowest BCUT2D eigenvalue weighted by atomic mass is 10.2. The number of H-pyrrole nitrogens is 1. The first-order valence-electron chi connectivity index (χ1n) is 5.64. The monoisotopic (exact) mass is 202 g/mol. The molecular weight excluding hydrogens is 184 g/mol. The van der Waals surface area contributed by atoms with Gasteiger partial charge in [0.25, 0.3) is 5.82 Å². The fraction of sp³-hybridized carbons (Fsp3) is 0.308. The third kappa shape index (κ3) is 1.56. The number of nitrogens with zero attached hydrogens (tertiary/aromatic N) is 1. The van der Waals surface area contributed by atoms with Gasteiger partial charge >= 0.3 is 1.41 Å². The van der Waals surface area contributed by atoms with E-state index in [2.05, 4.69) is 30.5 Å². The van der Waals surface area contributed by atoms with Crippen LogP contribution in [0.25, 0.3) is 5.69 Å². The summed E-state index contributed by atoms with van der Waals surface area (Å²) in [6, 6.07) is 8.26. The number of aromatic nitrogens is 2. The third-order valence-electron chi connectivity index (χ3n) is 2.87. The van der Waals surface area contributed by atoms with E-state index in [1.165, 1.54) is 10.5 Å². The van der Waals surface area contributed by atoms with Crippen molar-refractivity contribution < 1.29 is 5.98 Å². The molecule has 0 aliphatic heterocycles. The highest BCUT2D eigenvalue weighted by Crippen LogP contribution is 2.10. The van der Waals surface area contributed by atoms with E-state index in [1.54, 1.807) is 0 Å². The smallest absolute Gasteiger partial charge is 0.245 e. The van der Waals surface area contributed by atoms with Crippen molar-refractivity contribution >= 4 is 0 Å². The molecule has 0 saturated heterocycles. The van der Waals surface area contributed by atoms with Crippen LogP contribution in [0.1, 0.15) is 22.8 Å². The molecule has 0 amide bonds. The number of imidazole rings is 1. The molecule has 1 N–H and O–H groups in total. The molecule has 1 heterocycles. The van der Waals surface area contributed by atoms with Gasteiger partial charge in [-0.1, -0.05) is 18.2 Å². The average Bonchev–Trinajstić information content (AvgIpc) is 2.45. The highest BCUT2D eigenvalue weighted by Gasteiger charge is 2.17. The van der Waals surface area contributed by atoms with Crippen molar-refractivity contribution in [1.29, 1.82) is 0 Å². The van der Waals surface area contributed by atoms with E-state index in [0.717, 1.165) is 22.9 Å². The SMILES string of the molecule is [2H]n1c(C)c(C)[n+](-c2ccccc2C)c1C. The Morgan fingerprint density at radius 3 is 2.33 bits per heavy atom. The van der Waals surface area contributed by atoms with Gasteiger partial charge in [0.05, 0.1) is 0 Å². The van der Waals surface area contributed by atoms with Crippen molar-refractivity contribution in [3.63, 3.8) is 0 Å². The molecule has 0 fully saturated rings. The highest BCUT2D eigenvalue weighted by molar-refractivity contribution is 5.33. The van der Waals surface area contributed by atoms with Crippen molar-refractivity contribution in [3.8, 4) is 5.69 Å². The third-order valence-corrected chi connectivity index (χ3v) is 2.87. The van der Waals surface area contributed by atoms with Gasteiger partial charge in [-0.3, -0.25) is 0 Å². The standard InChI is InChI=1S/C13H16N2/c1-9-7-5-6-8-13(9)15-11(3)10(2)14-12(15)4/h5-8H,1-4H3/p+1/i/hD. The zero-order valence-electron chi connectivity index (χ0n) is 10.7. The van der Waals surface area contributed by atoms with Crippen molar-refractivity contribution in [1.82, 2.24) is 4.98 Å². The number of nitrogens with one attached hydrogen (secondary N) is 1. The van der Waals surface area contributed by atoms with Gasteiger partial charge in [0, 0.05) is 20.8 Å². The molecular formula is C13H17N2+. The maximum absolute atomic E-state index is 7.92. The van der Waals surface area contributed by atoms with E-state index in [9.17, 15) is 0 Å². The number of hydrogen-bond acceptors (Lipinski definition) is 0. The van der Waals surface area contributed by atoms with Crippen LogP contribution in [0.5, 0.6) is 0 Å². The van der Waals surface area contributed by atoms with Gasteiger partial charge in [0.1, 0.15) is 17.1 Å². The average molecular weight is 202 g/mol. The van der Waals surface area contributed by atoms with Gasteiger partial charge in [-0.2, -0.15) is 4.57 Å². The number of hydrogen-bond donors (Lipinski definition) is 1. The topological polar surface area (TPSA) is 19.7 Å². The first-order chi connectivity index (χ1) is 7.54. The summed E-state index contributed by atoms with van der Waals surface area (Å²) in [4.78, 5) is 1.49. The molecule has 2 nitrogen and oxygen atoms in total. The summed E-state index contributed by atoms with van der Waals surface area (Å²) in [6.07, 6.45) is 0. The summed E-state index contributed by atoms with van der Waals surface area (Å²) in [5.41, 5.74) is 4.50. The lowest BCUT2D eigenvalue weighted by Gasteiger charge is -2.03. The molecule has 0 spiro atoms. The predicted octanol–water partition coefficient (Wildman–Crippen LogP) is 2.53. The maximum atomic E-state index is 7.92. The molecule has 2 heteroatoms. The van der Waals surface area contributed by atoms with Crippen molar-refractivity contribution in [3.05, 3.63) is 47.0 Å². The number of aromatic amines is 1. The van der Waals surface area contributed by atoms with Crippen LogP contribution in [-0.2, 0) is 0 Å². The zero-order chi connectivity index (χ0) is 11.9. The quantitative estimate of drug-likeness (QED) is 0.686. The summed E-state index contributed by atoms with van der Waals surface area (Å²) >= 11 is 0. The summed E-state index contributed by atoms with van der Waals surface area (Å²) < 4.78 is 10.1. The van der Waals surface area contributed by atoms with Crippen LogP contribution in [0.3, 0.4) is 0 Å². The zero-order valence-corrected chi connectivity index (χ0v) is 9.70. The summed E-state index contributed by atoms with van der Waals surface area (Å²) in [5, 5.41) is 0. The van der Waals surface area contributed by atoms with Crippen LogP contribution in [0.2, 0.25) is 1.41 Å². The number of rotatable bonds is 1. The Hall–Kier alpha value is -1.57. The molecule has 0 bridgehead atoms. The van der Waals surface area contributed by atoms with Crippen LogP contribution in [0.15, 0.2) is 24.3 Å². The summed E-state index contributed by atoms with van der Waals surface area (Å²) in [5.74, 6) is 0.935. The molecule has 0 saturated carbocycles. The van der Waals surface area contributed by atoms with Gasteiger partial charge < -0.3 is 0 Å². The van der Waals surface area contributed by atoms with E-state index < -0.39 is 0 Å². The van der Waals surface area contributed by atoms with E-state index in [1.807, 2.05) is 26.0 Å². The highest BCUT2D eigenvalue weighted by atomic mass is 15.1. The van der Waals surface area contributed by atoms with Gasteiger partial charge in [-0.25, -0.2) is 4.98 Å². The van der Waals surface area contributed by atoms with Gasteiger partial charge in [-0.15, -0.1) is 0 Å². The van der Waals surface area contributed by atoms with Crippen LogP contribution in [0, 0.1) is 27.7 Å². The van der Waals surface area contributed by atoms with E-state index in [0.29, 0.717) is 0 Å². The second kappa shape index (κ2) is 3.54. The molecule has 2 aromatic rings. The van der Waals surface area contributed by atoms with E-state index in [4.69, 9.17) is 1.41 Å². The largest absolute Gasteiger partial charge is 0.312 e. The molecule has 0 atom stereocenters. The first-order valence-corrected chi connectivity index (χ1v) is 5.20. The second-order valence-corrected chi connectivity index (χ2v) is 3.95. The molecule has 0 unspecified atom stereocenters. The molecule has 1 aromatic carbocycles. The van der Waals surface area contributed by atoms with Gasteiger partial charge in [0.2, 0.25) is 0 Å². The summed E-state index contributed by atoms with van der Waals surface area (Å²) in [6.45, 7) is 8.10. The number of benzene rings is 1.